The number of carbonyl (C=O) groups excluding carboxylic acids is 1. The molecular weight excluding hydrogens is 295 g/mol. The summed E-state index contributed by atoms with van der Waals surface area (Å²) in [6.45, 7) is 5.05. The van der Waals surface area contributed by atoms with Gasteiger partial charge in [-0.05, 0) is 37.5 Å². The van der Waals surface area contributed by atoms with E-state index in [1.165, 1.54) is 12.1 Å². The van der Waals surface area contributed by atoms with Gasteiger partial charge in [0, 0.05) is 33.2 Å². The van der Waals surface area contributed by atoms with Crippen LogP contribution < -0.4 is 5.32 Å². The highest BCUT2D eigenvalue weighted by Crippen LogP contribution is 2.08. The lowest BCUT2D eigenvalue weighted by atomic mass is 10.2. The van der Waals surface area contributed by atoms with Crippen molar-refractivity contribution in [2.45, 2.75) is 26.3 Å². The fourth-order valence-electron chi connectivity index (χ4n) is 2.66. The van der Waals surface area contributed by atoms with Gasteiger partial charge in [-0.2, -0.15) is 0 Å². The monoisotopic (exact) mass is 320 g/mol. The van der Waals surface area contributed by atoms with Gasteiger partial charge in [0.25, 0.3) is 0 Å². The molecule has 1 saturated heterocycles. The van der Waals surface area contributed by atoms with E-state index in [-0.39, 0.29) is 18.3 Å². The second-order valence-electron chi connectivity index (χ2n) is 5.74. The number of hydrogen-bond donors (Lipinski definition) is 1. The SMILES string of the molecule is CCNC(=NCC(=O)N1CCCC1)N(C)Cc1cccc(F)c1. The van der Waals surface area contributed by atoms with Crippen molar-refractivity contribution in [3.8, 4) is 0 Å². The molecule has 1 aliphatic rings. The van der Waals surface area contributed by atoms with E-state index in [2.05, 4.69) is 10.3 Å². The number of carbonyl (C=O) groups is 1. The molecule has 0 aromatic heterocycles. The van der Waals surface area contributed by atoms with Crippen molar-refractivity contribution in [1.29, 1.82) is 0 Å². The van der Waals surface area contributed by atoms with Crippen LogP contribution in [0, 0.1) is 5.82 Å². The maximum atomic E-state index is 13.3. The number of hydrogen-bond acceptors (Lipinski definition) is 2. The number of guanidine groups is 1. The van der Waals surface area contributed by atoms with E-state index >= 15 is 0 Å². The van der Waals surface area contributed by atoms with Crippen LogP contribution in [0.4, 0.5) is 4.39 Å². The Morgan fingerprint density at radius 3 is 2.78 bits per heavy atom. The summed E-state index contributed by atoms with van der Waals surface area (Å²) in [5.41, 5.74) is 0.865. The number of benzene rings is 1. The van der Waals surface area contributed by atoms with Gasteiger partial charge in [-0.15, -0.1) is 0 Å². The zero-order valence-corrected chi connectivity index (χ0v) is 13.9. The van der Waals surface area contributed by atoms with Crippen LogP contribution in [0.25, 0.3) is 0 Å². The molecule has 1 amide bonds. The highest BCUT2D eigenvalue weighted by Gasteiger charge is 2.17. The number of rotatable bonds is 5. The van der Waals surface area contributed by atoms with E-state index in [1.807, 2.05) is 29.8 Å². The van der Waals surface area contributed by atoms with Crippen molar-refractivity contribution in [1.82, 2.24) is 15.1 Å². The average Bonchev–Trinajstić information content (AvgIpc) is 3.05. The Bertz CT molecular complexity index is 555. The Morgan fingerprint density at radius 1 is 1.39 bits per heavy atom. The molecule has 0 atom stereocenters. The van der Waals surface area contributed by atoms with Gasteiger partial charge in [0.2, 0.25) is 5.91 Å². The molecule has 5 nitrogen and oxygen atoms in total. The van der Waals surface area contributed by atoms with Crippen LogP contribution >= 0.6 is 0 Å². The highest BCUT2D eigenvalue weighted by atomic mass is 19.1. The first-order valence-electron chi connectivity index (χ1n) is 8.12. The van der Waals surface area contributed by atoms with E-state index < -0.39 is 0 Å². The average molecular weight is 320 g/mol. The van der Waals surface area contributed by atoms with Gasteiger partial charge in [-0.1, -0.05) is 12.1 Å². The fourth-order valence-corrected chi connectivity index (χ4v) is 2.66. The second kappa shape index (κ2) is 8.50. The summed E-state index contributed by atoms with van der Waals surface area (Å²) in [5, 5.41) is 3.17. The van der Waals surface area contributed by atoms with Gasteiger partial charge in [-0.3, -0.25) is 4.79 Å². The van der Waals surface area contributed by atoms with Crippen LogP contribution in [0.1, 0.15) is 25.3 Å². The number of nitrogens with one attached hydrogen (secondary N) is 1. The molecule has 0 unspecified atom stereocenters. The molecular formula is C17H25FN4O. The molecule has 0 saturated carbocycles. The molecule has 0 bridgehead atoms. The third kappa shape index (κ3) is 5.23. The molecule has 126 valence electrons. The summed E-state index contributed by atoms with van der Waals surface area (Å²) in [6, 6.07) is 6.50. The predicted octanol–water partition coefficient (Wildman–Crippen LogP) is 1.85. The molecule has 2 rings (SSSR count). The molecule has 1 heterocycles. The lowest BCUT2D eigenvalue weighted by Gasteiger charge is -2.22. The third-order valence-corrected chi connectivity index (χ3v) is 3.83. The number of nitrogens with zero attached hydrogens (tertiary/aromatic N) is 3. The molecule has 23 heavy (non-hydrogen) atoms. The van der Waals surface area contributed by atoms with Gasteiger partial charge in [0.05, 0.1) is 0 Å². The zero-order valence-electron chi connectivity index (χ0n) is 13.9. The molecule has 0 radical (unpaired) electrons. The van der Waals surface area contributed by atoms with E-state index in [9.17, 15) is 9.18 Å². The first-order chi connectivity index (χ1) is 11.1. The zero-order chi connectivity index (χ0) is 16.7. The minimum Gasteiger partial charge on any atom is -0.357 e. The van der Waals surface area contributed by atoms with Crippen molar-refractivity contribution < 1.29 is 9.18 Å². The number of aliphatic imine (C=N–C) groups is 1. The number of likely N-dealkylation sites (tertiary alicyclic amines) is 1. The molecule has 0 spiro atoms. The Morgan fingerprint density at radius 2 is 2.13 bits per heavy atom. The Balaban J connectivity index is 1.97. The Labute approximate surface area is 137 Å². The molecule has 0 aliphatic carbocycles. The highest BCUT2D eigenvalue weighted by molar-refractivity contribution is 5.85. The topological polar surface area (TPSA) is 47.9 Å². The normalized spacial score (nSPS) is 14.9. The van der Waals surface area contributed by atoms with Crippen LogP contribution in [0.3, 0.4) is 0 Å². The summed E-state index contributed by atoms with van der Waals surface area (Å²) in [5.74, 6) is 0.475. The molecule has 1 aromatic carbocycles. The number of amides is 1. The van der Waals surface area contributed by atoms with Gasteiger partial charge < -0.3 is 15.1 Å². The molecule has 1 aromatic rings. The first kappa shape index (κ1) is 17.2. The van der Waals surface area contributed by atoms with Gasteiger partial charge in [0.15, 0.2) is 5.96 Å². The van der Waals surface area contributed by atoms with Crippen molar-refractivity contribution in [2.24, 2.45) is 4.99 Å². The summed E-state index contributed by atoms with van der Waals surface area (Å²) < 4.78 is 13.3. The number of halogens is 1. The van der Waals surface area contributed by atoms with Crippen molar-refractivity contribution >= 4 is 11.9 Å². The van der Waals surface area contributed by atoms with Crippen LogP contribution in [-0.2, 0) is 11.3 Å². The Hall–Kier alpha value is -2.11. The standard InChI is InChI=1S/C17H25FN4O/c1-3-19-17(20-12-16(23)22-9-4-5-10-22)21(2)13-14-7-6-8-15(18)11-14/h6-8,11H,3-5,9-10,12-13H2,1-2H3,(H,19,20). The summed E-state index contributed by atoms with van der Waals surface area (Å²) in [7, 11) is 1.88. The van der Waals surface area contributed by atoms with Crippen molar-refractivity contribution in [2.75, 3.05) is 33.2 Å². The van der Waals surface area contributed by atoms with E-state index in [1.54, 1.807) is 6.07 Å². The predicted molar refractivity (Wildman–Crippen MR) is 89.7 cm³/mol. The third-order valence-electron chi connectivity index (χ3n) is 3.83. The molecule has 1 aliphatic heterocycles. The van der Waals surface area contributed by atoms with Gasteiger partial charge in [0.1, 0.15) is 12.4 Å². The maximum absolute atomic E-state index is 13.3. The van der Waals surface area contributed by atoms with Crippen molar-refractivity contribution in [3.63, 3.8) is 0 Å². The second-order valence-corrected chi connectivity index (χ2v) is 5.74. The van der Waals surface area contributed by atoms with Crippen molar-refractivity contribution in [3.05, 3.63) is 35.6 Å². The van der Waals surface area contributed by atoms with E-state index in [0.29, 0.717) is 19.0 Å². The summed E-state index contributed by atoms with van der Waals surface area (Å²) in [4.78, 5) is 20.3. The van der Waals surface area contributed by atoms with E-state index in [4.69, 9.17) is 0 Å². The lowest BCUT2D eigenvalue weighted by molar-refractivity contribution is -0.128. The molecule has 1 fully saturated rings. The minimum absolute atomic E-state index is 0.0667. The Kier molecular flexibility index (Phi) is 6.38. The maximum Gasteiger partial charge on any atom is 0.244 e. The van der Waals surface area contributed by atoms with Gasteiger partial charge >= 0.3 is 0 Å². The lowest BCUT2D eigenvalue weighted by Crippen LogP contribution is -2.39. The quantitative estimate of drug-likeness (QED) is 0.665. The smallest absolute Gasteiger partial charge is 0.244 e. The molecule has 6 heteroatoms. The summed E-state index contributed by atoms with van der Waals surface area (Å²) >= 11 is 0. The largest absolute Gasteiger partial charge is 0.357 e. The first-order valence-corrected chi connectivity index (χ1v) is 8.12. The van der Waals surface area contributed by atoms with Crippen LogP contribution in [-0.4, -0.2) is 54.9 Å². The van der Waals surface area contributed by atoms with Crippen LogP contribution in [0.15, 0.2) is 29.3 Å². The fraction of sp³-hybridized carbons (Fsp3) is 0.529. The minimum atomic E-state index is -0.248. The van der Waals surface area contributed by atoms with Crippen LogP contribution in [0.2, 0.25) is 0 Å². The van der Waals surface area contributed by atoms with Gasteiger partial charge in [-0.25, -0.2) is 9.38 Å². The van der Waals surface area contributed by atoms with E-state index in [0.717, 1.165) is 31.5 Å². The van der Waals surface area contributed by atoms with Crippen LogP contribution in [0.5, 0.6) is 0 Å². The molecule has 1 N–H and O–H groups in total. The summed E-state index contributed by atoms with van der Waals surface area (Å²) in [6.07, 6.45) is 2.16.